The molecule has 1 saturated heterocycles. The van der Waals surface area contributed by atoms with Gasteiger partial charge in [-0.3, -0.25) is 4.90 Å². The Balaban J connectivity index is 1.70. The van der Waals surface area contributed by atoms with Crippen molar-refractivity contribution in [3.63, 3.8) is 0 Å². The largest absolute Gasteiger partial charge is 0.509 e. The van der Waals surface area contributed by atoms with Crippen LogP contribution in [0.3, 0.4) is 0 Å². The van der Waals surface area contributed by atoms with Crippen LogP contribution in [-0.2, 0) is 16.0 Å². The molecule has 0 bridgehead atoms. The molecule has 1 aromatic rings. The highest BCUT2D eigenvalue weighted by atomic mass is 16.7. The predicted octanol–water partition coefficient (Wildman–Crippen LogP) is 2.22. The first kappa shape index (κ1) is 18.2. The first-order valence-electron chi connectivity index (χ1n) is 8.94. The molecule has 0 radical (unpaired) electrons. The van der Waals surface area contributed by atoms with Crippen LogP contribution in [0.1, 0.15) is 44.4 Å². The summed E-state index contributed by atoms with van der Waals surface area (Å²) in [4.78, 5) is 14.3. The van der Waals surface area contributed by atoms with E-state index in [1.54, 1.807) is 0 Å². The number of rotatable bonds is 2. The summed E-state index contributed by atoms with van der Waals surface area (Å²) in [7, 11) is 0. The number of ether oxygens (including phenoxy) is 2. The van der Waals surface area contributed by atoms with Crippen LogP contribution >= 0.6 is 0 Å². The van der Waals surface area contributed by atoms with Gasteiger partial charge in [0.1, 0.15) is 11.7 Å². The second-order valence-electron chi connectivity index (χ2n) is 7.82. The molecule has 1 fully saturated rings. The Bertz CT molecular complexity index is 614. The Labute approximate surface area is 149 Å². The highest BCUT2D eigenvalue weighted by Crippen LogP contribution is 2.30. The lowest BCUT2D eigenvalue weighted by Gasteiger charge is -2.43. The number of nitrogens with zero attached hydrogens (tertiary/aromatic N) is 1. The summed E-state index contributed by atoms with van der Waals surface area (Å²) < 4.78 is 10.9. The van der Waals surface area contributed by atoms with E-state index in [1.165, 1.54) is 0 Å². The fourth-order valence-corrected chi connectivity index (χ4v) is 3.61. The lowest BCUT2D eigenvalue weighted by atomic mass is 9.93. The Hall–Kier alpha value is -1.63. The minimum atomic E-state index is -0.635. The zero-order chi connectivity index (χ0) is 18.0. The number of hydrogen-bond donors (Lipinski definition) is 2. The van der Waals surface area contributed by atoms with E-state index in [2.05, 4.69) is 16.3 Å². The number of benzene rings is 1. The number of fused-ring (bicyclic) bond motifs is 1. The Morgan fingerprint density at radius 1 is 1.32 bits per heavy atom. The molecule has 6 nitrogen and oxygen atoms in total. The van der Waals surface area contributed by atoms with Crippen LogP contribution in [0.4, 0.5) is 4.79 Å². The van der Waals surface area contributed by atoms with E-state index in [1.807, 2.05) is 39.0 Å². The van der Waals surface area contributed by atoms with Crippen molar-refractivity contribution in [2.24, 2.45) is 0 Å². The quantitative estimate of drug-likeness (QED) is 0.799. The van der Waals surface area contributed by atoms with Crippen molar-refractivity contribution in [1.29, 1.82) is 0 Å². The van der Waals surface area contributed by atoms with E-state index >= 15 is 0 Å². The highest BCUT2D eigenvalue weighted by Gasteiger charge is 2.37. The molecule has 2 aliphatic rings. The van der Waals surface area contributed by atoms with Crippen molar-refractivity contribution in [2.45, 2.75) is 57.6 Å². The molecule has 1 aromatic carbocycles. The van der Waals surface area contributed by atoms with Gasteiger partial charge in [-0.1, -0.05) is 24.3 Å². The van der Waals surface area contributed by atoms with Crippen LogP contribution in [0.2, 0.25) is 0 Å². The van der Waals surface area contributed by atoms with Crippen LogP contribution in [0.5, 0.6) is 0 Å². The summed E-state index contributed by atoms with van der Waals surface area (Å²) in [5, 5.41) is 13.8. The first-order chi connectivity index (χ1) is 11.8. The maximum atomic E-state index is 12.1. The molecule has 1 unspecified atom stereocenters. The normalized spacial score (nSPS) is 27.4. The molecule has 0 saturated carbocycles. The standard InChI is InChI=1S/C19H28N2O4/c1-19(2,3)25-18(23)24-17-10-20-9-8-15(17)21-11-13-6-4-5-7-14(13)16(22)12-21/h4-7,15-17,20,22H,8-12H2,1-3H3/t15-,16?,17-/m1/s1. The molecular formula is C19H28N2O4. The molecule has 0 amide bonds. The SMILES string of the molecule is CC(C)(C)OC(=O)O[C@@H]1CNCC[C@H]1N1Cc2ccccc2C(O)C1. The van der Waals surface area contributed by atoms with Crippen LogP contribution in [0.25, 0.3) is 0 Å². The second kappa shape index (κ2) is 7.32. The number of aliphatic hydroxyl groups excluding tert-OH is 1. The molecule has 0 aromatic heterocycles. The number of aliphatic hydroxyl groups is 1. The number of carbonyl (C=O) groups excluding carboxylic acids is 1. The third kappa shape index (κ3) is 4.51. The van der Waals surface area contributed by atoms with E-state index in [-0.39, 0.29) is 12.1 Å². The summed E-state index contributed by atoms with van der Waals surface area (Å²) in [5.74, 6) is 0. The van der Waals surface area contributed by atoms with Gasteiger partial charge in [-0.25, -0.2) is 4.79 Å². The van der Waals surface area contributed by atoms with Gasteiger partial charge in [-0.2, -0.15) is 0 Å². The molecule has 25 heavy (non-hydrogen) atoms. The van der Waals surface area contributed by atoms with E-state index in [0.29, 0.717) is 13.1 Å². The van der Waals surface area contributed by atoms with Gasteiger partial charge >= 0.3 is 6.16 Å². The van der Waals surface area contributed by atoms with Crippen molar-refractivity contribution in [1.82, 2.24) is 10.2 Å². The average Bonchev–Trinajstić information content (AvgIpc) is 2.53. The van der Waals surface area contributed by atoms with E-state index in [0.717, 1.165) is 30.6 Å². The lowest BCUT2D eigenvalue weighted by molar-refractivity contribution is -0.0625. The molecule has 138 valence electrons. The topological polar surface area (TPSA) is 71.0 Å². The maximum absolute atomic E-state index is 12.1. The number of nitrogens with one attached hydrogen (secondary N) is 1. The molecule has 2 N–H and O–H groups in total. The Morgan fingerprint density at radius 3 is 2.84 bits per heavy atom. The fraction of sp³-hybridized carbons (Fsp3) is 0.632. The lowest BCUT2D eigenvalue weighted by Crippen LogP contribution is -2.56. The van der Waals surface area contributed by atoms with Gasteiger partial charge in [-0.05, 0) is 44.9 Å². The number of carbonyl (C=O) groups is 1. The maximum Gasteiger partial charge on any atom is 0.509 e. The fourth-order valence-electron chi connectivity index (χ4n) is 3.61. The van der Waals surface area contributed by atoms with Crippen LogP contribution in [0, 0.1) is 0 Å². The summed E-state index contributed by atoms with van der Waals surface area (Å²) in [6.07, 6.45) is -0.574. The van der Waals surface area contributed by atoms with Gasteiger partial charge in [-0.15, -0.1) is 0 Å². The third-order valence-electron chi connectivity index (χ3n) is 4.69. The predicted molar refractivity (Wildman–Crippen MR) is 94.2 cm³/mol. The van der Waals surface area contributed by atoms with Gasteiger partial charge in [0.15, 0.2) is 0 Å². The first-order valence-corrected chi connectivity index (χ1v) is 8.94. The molecule has 2 aliphatic heterocycles. The minimum absolute atomic E-state index is 0.0665. The zero-order valence-electron chi connectivity index (χ0n) is 15.2. The van der Waals surface area contributed by atoms with Gasteiger partial charge in [0.05, 0.1) is 6.10 Å². The molecule has 0 spiro atoms. The highest BCUT2D eigenvalue weighted by molar-refractivity contribution is 5.60. The molecule has 0 aliphatic carbocycles. The molecule has 2 heterocycles. The van der Waals surface area contributed by atoms with Gasteiger partial charge < -0.3 is 19.9 Å². The summed E-state index contributed by atoms with van der Waals surface area (Å²) in [5.41, 5.74) is 1.56. The Kier molecular flexibility index (Phi) is 5.32. The molecule has 3 atom stereocenters. The van der Waals surface area contributed by atoms with Crippen LogP contribution in [-0.4, -0.2) is 53.5 Å². The van der Waals surface area contributed by atoms with E-state index in [9.17, 15) is 9.90 Å². The third-order valence-corrected chi connectivity index (χ3v) is 4.69. The zero-order valence-corrected chi connectivity index (χ0v) is 15.2. The van der Waals surface area contributed by atoms with Crippen molar-refractivity contribution >= 4 is 6.16 Å². The minimum Gasteiger partial charge on any atom is -0.429 e. The molecule has 3 rings (SSSR count). The summed E-state index contributed by atoms with van der Waals surface area (Å²) in [6, 6.07) is 8.05. The van der Waals surface area contributed by atoms with Crippen LogP contribution in [0.15, 0.2) is 24.3 Å². The van der Waals surface area contributed by atoms with Crippen LogP contribution < -0.4 is 5.32 Å². The number of piperidine rings is 1. The van der Waals surface area contributed by atoms with E-state index in [4.69, 9.17) is 9.47 Å². The van der Waals surface area contributed by atoms with Gasteiger partial charge in [0.2, 0.25) is 0 Å². The van der Waals surface area contributed by atoms with Crippen molar-refractivity contribution in [3.8, 4) is 0 Å². The van der Waals surface area contributed by atoms with Gasteiger partial charge in [0.25, 0.3) is 0 Å². The molecule has 6 heteroatoms. The number of hydrogen-bond acceptors (Lipinski definition) is 6. The summed E-state index contributed by atoms with van der Waals surface area (Å²) in [6.45, 7) is 8.24. The summed E-state index contributed by atoms with van der Waals surface area (Å²) >= 11 is 0. The Morgan fingerprint density at radius 2 is 2.08 bits per heavy atom. The van der Waals surface area contributed by atoms with Crippen molar-refractivity contribution in [2.75, 3.05) is 19.6 Å². The van der Waals surface area contributed by atoms with Crippen molar-refractivity contribution in [3.05, 3.63) is 35.4 Å². The number of β-amino-alcohol motifs (C(OH)–C–C–N with tert-alkyl or cyclic N) is 1. The van der Waals surface area contributed by atoms with Gasteiger partial charge in [0, 0.05) is 25.7 Å². The second-order valence-corrected chi connectivity index (χ2v) is 7.82. The van der Waals surface area contributed by atoms with E-state index < -0.39 is 17.9 Å². The van der Waals surface area contributed by atoms with Crippen molar-refractivity contribution < 1.29 is 19.4 Å². The monoisotopic (exact) mass is 348 g/mol. The molecular weight excluding hydrogens is 320 g/mol. The smallest absolute Gasteiger partial charge is 0.429 e. The average molecular weight is 348 g/mol.